The molecule has 16 heavy (non-hydrogen) atoms. The second-order valence-electron chi connectivity index (χ2n) is 3.94. The minimum atomic E-state index is -0.210. The lowest BCUT2D eigenvalue weighted by atomic mass is 9.98. The molecule has 0 aliphatic heterocycles. The molecule has 3 heteroatoms. The van der Waals surface area contributed by atoms with Crippen LogP contribution in [0.3, 0.4) is 0 Å². The van der Waals surface area contributed by atoms with Gasteiger partial charge in [0.1, 0.15) is 5.82 Å². The Kier molecular flexibility index (Phi) is 3.06. The normalized spacial score (nSPS) is 12.7. The van der Waals surface area contributed by atoms with Crippen LogP contribution in [0.1, 0.15) is 22.7 Å². The molecular formula is C13H14FNO. The zero-order valence-electron chi connectivity index (χ0n) is 9.11. The molecule has 1 aromatic carbocycles. The second-order valence-corrected chi connectivity index (χ2v) is 3.94. The summed E-state index contributed by atoms with van der Waals surface area (Å²) in [5, 5.41) is 0. The number of hydrogen-bond acceptors (Lipinski definition) is 2. The maximum Gasteiger partial charge on any atom is 0.123 e. The zero-order valence-corrected chi connectivity index (χ0v) is 9.11. The van der Waals surface area contributed by atoms with Gasteiger partial charge in [0.25, 0.3) is 0 Å². The van der Waals surface area contributed by atoms with E-state index in [1.54, 1.807) is 18.6 Å². The summed E-state index contributed by atoms with van der Waals surface area (Å²) in [5.41, 5.74) is 8.98. The van der Waals surface area contributed by atoms with Gasteiger partial charge in [0.05, 0.1) is 12.5 Å². The highest BCUT2D eigenvalue weighted by atomic mass is 19.1. The fraction of sp³-hybridized carbons (Fsp3) is 0.231. The molecule has 0 saturated heterocycles. The van der Waals surface area contributed by atoms with Crippen molar-refractivity contribution in [3.63, 3.8) is 0 Å². The van der Waals surface area contributed by atoms with E-state index in [4.69, 9.17) is 10.2 Å². The van der Waals surface area contributed by atoms with Crippen molar-refractivity contribution in [1.82, 2.24) is 0 Å². The molecule has 1 atom stereocenters. The first-order valence-electron chi connectivity index (χ1n) is 5.19. The minimum Gasteiger partial charge on any atom is -0.472 e. The van der Waals surface area contributed by atoms with Crippen LogP contribution in [0.4, 0.5) is 4.39 Å². The van der Waals surface area contributed by atoms with Crippen LogP contribution in [-0.2, 0) is 6.42 Å². The van der Waals surface area contributed by atoms with E-state index >= 15 is 0 Å². The predicted molar refractivity (Wildman–Crippen MR) is 60.5 cm³/mol. The van der Waals surface area contributed by atoms with Crippen LogP contribution in [0.2, 0.25) is 0 Å². The van der Waals surface area contributed by atoms with Gasteiger partial charge in [-0.3, -0.25) is 0 Å². The number of nitrogens with two attached hydrogens (primary N) is 1. The van der Waals surface area contributed by atoms with Crippen LogP contribution < -0.4 is 5.73 Å². The molecule has 2 aromatic rings. The molecule has 84 valence electrons. The molecule has 0 spiro atoms. The highest BCUT2D eigenvalue weighted by Gasteiger charge is 2.10. The SMILES string of the molecule is Cc1cc(F)ccc1CC(N)c1ccoc1. The first-order valence-corrected chi connectivity index (χ1v) is 5.19. The molecule has 0 bridgehead atoms. The molecular weight excluding hydrogens is 205 g/mol. The fourth-order valence-corrected chi connectivity index (χ4v) is 1.73. The predicted octanol–water partition coefficient (Wildman–Crippen LogP) is 2.97. The standard InChI is InChI=1S/C13H14FNO/c1-9-6-12(14)3-2-10(9)7-13(15)11-4-5-16-8-11/h2-6,8,13H,7,15H2,1H3. The van der Waals surface area contributed by atoms with E-state index in [0.29, 0.717) is 6.42 Å². The summed E-state index contributed by atoms with van der Waals surface area (Å²) in [6, 6.07) is 6.51. The third kappa shape index (κ3) is 2.31. The van der Waals surface area contributed by atoms with Gasteiger partial charge in [-0.05, 0) is 42.7 Å². The van der Waals surface area contributed by atoms with Gasteiger partial charge in [-0.1, -0.05) is 6.07 Å². The Hall–Kier alpha value is -1.61. The molecule has 0 fully saturated rings. The van der Waals surface area contributed by atoms with E-state index in [0.717, 1.165) is 16.7 Å². The Morgan fingerprint density at radius 3 is 2.81 bits per heavy atom. The van der Waals surface area contributed by atoms with Crippen molar-refractivity contribution < 1.29 is 8.81 Å². The average Bonchev–Trinajstić information content (AvgIpc) is 2.75. The smallest absolute Gasteiger partial charge is 0.123 e. The van der Waals surface area contributed by atoms with Gasteiger partial charge in [-0.2, -0.15) is 0 Å². The molecule has 0 saturated carbocycles. The quantitative estimate of drug-likeness (QED) is 0.861. The van der Waals surface area contributed by atoms with Crippen LogP contribution in [-0.4, -0.2) is 0 Å². The third-order valence-electron chi connectivity index (χ3n) is 2.72. The number of aryl methyl sites for hydroxylation is 1. The van der Waals surface area contributed by atoms with Crippen LogP contribution in [0.15, 0.2) is 41.2 Å². The number of benzene rings is 1. The van der Waals surface area contributed by atoms with Gasteiger partial charge < -0.3 is 10.2 Å². The maximum atomic E-state index is 12.9. The molecule has 2 nitrogen and oxygen atoms in total. The van der Waals surface area contributed by atoms with Crippen molar-refractivity contribution in [2.45, 2.75) is 19.4 Å². The van der Waals surface area contributed by atoms with E-state index in [9.17, 15) is 4.39 Å². The fourth-order valence-electron chi connectivity index (χ4n) is 1.73. The number of furan rings is 1. The Morgan fingerprint density at radius 2 is 2.19 bits per heavy atom. The highest BCUT2D eigenvalue weighted by molar-refractivity contribution is 5.28. The van der Waals surface area contributed by atoms with Gasteiger partial charge in [0.15, 0.2) is 0 Å². The van der Waals surface area contributed by atoms with Crippen molar-refractivity contribution in [1.29, 1.82) is 0 Å². The molecule has 0 aliphatic rings. The van der Waals surface area contributed by atoms with E-state index in [1.807, 2.05) is 13.0 Å². The summed E-state index contributed by atoms with van der Waals surface area (Å²) in [7, 11) is 0. The maximum absolute atomic E-state index is 12.9. The number of rotatable bonds is 3. The summed E-state index contributed by atoms with van der Waals surface area (Å²) < 4.78 is 17.9. The lowest BCUT2D eigenvalue weighted by Gasteiger charge is -2.11. The van der Waals surface area contributed by atoms with Gasteiger partial charge in [0.2, 0.25) is 0 Å². The molecule has 0 radical (unpaired) electrons. The molecule has 1 unspecified atom stereocenters. The first kappa shape index (κ1) is 10.9. The number of hydrogen-bond donors (Lipinski definition) is 1. The monoisotopic (exact) mass is 219 g/mol. The summed E-state index contributed by atoms with van der Waals surface area (Å²) >= 11 is 0. The summed E-state index contributed by atoms with van der Waals surface area (Å²) in [6.45, 7) is 1.89. The van der Waals surface area contributed by atoms with Crippen LogP contribution in [0.25, 0.3) is 0 Å². The van der Waals surface area contributed by atoms with Gasteiger partial charge in [-0.25, -0.2) is 4.39 Å². The summed E-state index contributed by atoms with van der Waals surface area (Å²) in [4.78, 5) is 0. The second kappa shape index (κ2) is 4.49. The Morgan fingerprint density at radius 1 is 1.38 bits per heavy atom. The van der Waals surface area contributed by atoms with E-state index < -0.39 is 0 Å². The molecule has 1 heterocycles. The number of halogens is 1. The summed E-state index contributed by atoms with van der Waals surface area (Å²) in [6.07, 6.45) is 3.93. The van der Waals surface area contributed by atoms with Crippen molar-refractivity contribution in [2.24, 2.45) is 5.73 Å². The molecule has 0 aliphatic carbocycles. The lowest BCUT2D eigenvalue weighted by Crippen LogP contribution is -2.13. The lowest BCUT2D eigenvalue weighted by molar-refractivity contribution is 0.558. The summed E-state index contributed by atoms with van der Waals surface area (Å²) in [5.74, 6) is -0.210. The average molecular weight is 219 g/mol. The molecule has 0 amide bonds. The topological polar surface area (TPSA) is 39.2 Å². The minimum absolute atomic E-state index is 0.108. The highest BCUT2D eigenvalue weighted by Crippen LogP contribution is 2.19. The Bertz CT molecular complexity index is 465. The Balaban J connectivity index is 2.15. The van der Waals surface area contributed by atoms with Crippen molar-refractivity contribution in [3.05, 3.63) is 59.3 Å². The van der Waals surface area contributed by atoms with Crippen LogP contribution in [0, 0.1) is 12.7 Å². The largest absolute Gasteiger partial charge is 0.472 e. The van der Waals surface area contributed by atoms with E-state index in [1.165, 1.54) is 12.1 Å². The van der Waals surface area contributed by atoms with Gasteiger partial charge >= 0.3 is 0 Å². The third-order valence-corrected chi connectivity index (χ3v) is 2.72. The van der Waals surface area contributed by atoms with E-state index in [2.05, 4.69) is 0 Å². The van der Waals surface area contributed by atoms with Gasteiger partial charge in [0, 0.05) is 11.6 Å². The van der Waals surface area contributed by atoms with Crippen LogP contribution >= 0.6 is 0 Å². The van der Waals surface area contributed by atoms with Crippen LogP contribution in [0.5, 0.6) is 0 Å². The van der Waals surface area contributed by atoms with Crippen molar-refractivity contribution in [3.8, 4) is 0 Å². The molecule has 1 aromatic heterocycles. The Labute approximate surface area is 93.9 Å². The first-order chi connectivity index (χ1) is 7.66. The molecule has 2 N–H and O–H groups in total. The van der Waals surface area contributed by atoms with Crippen molar-refractivity contribution >= 4 is 0 Å². The van der Waals surface area contributed by atoms with Gasteiger partial charge in [-0.15, -0.1) is 0 Å². The van der Waals surface area contributed by atoms with E-state index in [-0.39, 0.29) is 11.9 Å². The van der Waals surface area contributed by atoms with Crippen molar-refractivity contribution in [2.75, 3.05) is 0 Å². The molecule has 2 rings (SSSR count). The zero-order chi connectivity index (χ0) is 11.5.